The van der Waals surface area contributed by atoms with Crippen LogP contribution in [0.15, 0.2) is 66.7 Å². The Labute approximate surface area is 217 Å². The molecule has 4 aromatic rings. The number of aldehydes is 1. The van der Waals surface area contributed by atoms with E-state index in [1.807, 2.05) is 42.5 Å². The van der Waals surface area contributed by atoms with Gasteiger partial charge in [-0.25, -0.2) is 13.6 Å². The maximum atomic E-state index is 15.3. The molecule has 0 unspecified atom stereocenters. The average molecular weight is 519 g/mol. The number of hydrogen-bond donors (Lipinski definition) is 1. The van der Waals surface area contributed by atoms with Gasteiger partial charge in [0.05, 0.1) is 27.2 Å². The highest BCUT2D eigenvalue weighted by Crippen LogP contribution is 2.46. The van der Waals surface area contributed by atoms with Gasteiger partial charge in [0.2, 0.25) is 0 Å². The molecule has 0 saturated heterocycles. The molecule has 1 atom stereocenters. The van der Waals surface area contributed by atoms with Crippen molar-refractivity contribution >= 4 is 29.6 Å². The third-order valence-electron chi connectivity index (χ3n) is 6.72. The number of carbonyl (C=O) groups is 2. The van der Waals surface area contributed by atoms with Crippen molar-refractivity contribution in [2.24, 2.45) is 0 Å². The number of ether oxygens (including phenoxy) is 1. The molecule has 1 fully saturated rings. The fraction of sp³-hybridized carbons (Fsp3) is 0.207. The highest BCUT2D eigenvalue weighted by molar-refractivity contribution is 7.10. The Bertz CT molecular complexity index is 1440. The first-order valence-electron chi connectivity index (χ1n) is 11.9. The molecular weight excluding hydrogens is 494 g/mol. The van der Waals surface area contributed by atoms with Gasteiger partial charge in [-0.3, -0.25) is 5.32 Å². The van der Waals surface area contributed by atoms with Crippen molar-refractivity contribution < 1.29 is 23.1 Å². The summed E-state index contributed by atoms with van der Waals surface area (Å²) in [6, 6.07) is 18.9. The van der Waals surface area contributed by atoms with Crippen molar-refractivity contribution in [1.82, 2.24) is 4.37 Å². The fourth-order valence-corrected chi connectivity index (χ4v) is 5.23. The Morgan fingerprint density at radius 2 is 1.70 bits per heavy atom. The molecular formula is C29H24F2N2O3S. The van der Waals surface area contributed by atoms with E-state index in [-0.39, 0.29) is 16.1 Å². The number of amides is 1. The van der Waals surface area contributed by atoms with E-state index in [0.29, 0.717) is 16.8 Å². The minimum atomic E-state index is -0.775. The molecule has 0 aliphatic heterocycles. The minimum Gasteiger partial charge on any atom is -0.441 e. The van der Waals surface area contributed by atoms with Gasteiger partial charge in [0.1, 0.15) is 24.0 Å². The van der Waals surface area contributed by atoms with E-state index in [4.69, 9.17) is 4.74 Å². The molecule has 1 aliphatic carbocycles. The van der Waals surface area contributed by atoms with Crippen molar-refractivity contribution in [1.29, 1.82) is 0 Å². The Balaban J connectivity index is 1.39. The summed E-state index contributed by atoms with van der Waals surface area (Å²) in [4.78, 5) is 24.1. The number of benzene rings is 3. The van der Waals surface area contributed by atoms with Gasteiger partial charge in [-0.1, -0.05) is 54.6 Å². The summed E-state index contributed by atoms with van der Waals surface area (Å²) >= 11 is 0.897. The molecule has 1 saturated carbocycles. The summed E-state index contributed by atoms with van der Waals surface area (Å²) < 4.78 is 40.3. The number of hydrogen-bond acceptors (Lipinski definition) is 5. The van der Waals surface area contributed by atoms with Gasteiger partial charge in [-0.15, -0.1) is 0 Å². The van der Waals surface area contributed by atoms with Gasteiger partial charge in [-0.2, -0.15) is 4.37 Å². The molecule has 5 rings (SSSR count). The molecule has 1 N–H and O–H groups in total. The van der Waals surface area contributed by atoms with Gasteiger partial charge < -0.3 is 9.53 Å². The molecule has 1 aromatic heterocycles. The Kier molecular flexibility index (Phi) is 6.60. The lowest BCUT2D eigenvalue weighted by molar-refractivity contribution is -0.109. The van der Waals surface area contributed by atoms with Gasteiger partial charge in [0, 0.05) is 0 Å². The molecule has 0 spiro atoms. The molecule has 5 nitrogen and oxygen atoms in total. The first kappa shape index (κ1) is 24.8. The maximum absolute atomic E-state index is 15.3. The zero-order valence-electron chi connectivity index (χ0n) is 20.3. The van der Waals surface area contributed by atoms with E-state index in [0.717, 1.165) is 41.8 Å². The number of carbonyl (C=O) groups excluding carboxylic acids is 2. The molecule has 1 aliphatic rings. The van der Waals surface area contributed by atoms with Crippen LogP contribution in [0.5, 0.6) is 0 Å². The Morgan fingerprint density at radius 3 is 2.30 bits per heavy atom. The molecule has 37 heavy (non-hydrogen) atoms. The second-order valence-corrected chi connectivity index (χ2v) is 9.99. The zero-order valence-corrected chi connectivity index (χ0v) is 21.1. The Hall–Kier alpha value is -3.91. The van der Waals surface area contributed by atoms with E-state index >= 15 is 8.78 Å². The smallest absolute Gasteiger partial charge is 0.412 e. The average Bonchev–Trinajstić information content (AvgIpc) is 3.63. The molecule has 1 heterocycles. The van der Waals surface area contributed by atoms with E-state index in [9.17, 15) is 9.59 Å². The second-order valence-electron chi connectivity index (χ2n) is 9.22. The van der Waals surface area contributed by atoms with Crippen LogP contribution in [0.4, 0.5) is 19.3 Å². The fourth-order valence-electron chi connectivity index (χ4n) is 4.33. The monoisotopic (exact) mass is 518 g/mol. The highest BCUT2D eigenvalue weighted by Gasteiger charge is 2.44. The van der Waals surface area contributed by atoms with Crippen LogP contribution in [0, 0.1) is 18.6 Å². The highest BCUT2D eigenvalue weighted by atomic mass is 32.1. The van der Waals surface area contributed by atoms with E-state index in [1.54, 1.807) is 26.0 Å². The molecule has 0 radical (unpaired) electrons. The number of nitrogens with zero attached hydrogens (tertiary/aromatic N) is 1. The molecule has 188 valence electrons. The van der Waals surface area contributed by atoms with Crippen LogP contribution in [-0.2, 0) is 14.9 Å². The molecule has 3 aromatic carbocycles. The van der Waals surface area contributed by atoms with Crippen LogP contribution in [0.1, 0.15) is 42.7 Å². The third kappa shape index (κ3) is 4.89. The van der Waals surface area contributed by atoms with Crippen molar-refractivity contribution in [3.63, 3.8) is 0 Å². The number of aromatic nitrogens is 1. The van der Waals surface area contributed by atoms with Crippen molar-refractivity contribution in [2.45, 2.75) is 38.2 Å². The van der Waals surface area contributed by atoms with Crippen molar-refractivity contribution in [2.75, 3.05) is 5.32 Å². The van der Waals surface area contributed by atoms with Crippen molar-refractivity contribution in [3.8, 4) is 21.6 Å². The van der Waals surface area contributed by atoms with Crippen LogP contribution < -0.4 is 5.32 Å². The van der Waals surface area contributed by atoms with E-state index in [1.165, 1.54) is 12.1 Å². The number of nitrogens with one attached hydrogen (secondary N) is 1. The van der Waals surface area contributed by atoms with Crippen LogP contribution in [0.2, 0.25) is 0 Å². The number of anilines is 1. The number of aryl methyl sites for hydroxylation is 1. The standard InChI is InChI=1S/C29H24F2N2O3S/c1-17-26(32-28(35)36-18(2)19-6-4-3-5-7-19)27(37-33-17)25-23(30)14-21(15-24(25)31)20-8-10-22(11-9-20)29(16-34)12-13-29/h3-11,14-16,18H,12-13H2,1-2H3,(H,32,35)/t18-/m1/s1. The Morgan fingerprint density at radius 1 is 1.05 bits per heavy atom. The lowest BCUT2D eigenvalue weighted by Crippen LogP contribution is -2.16. The zero-order chi connectivity index (χ0) is 26.2. The summed E-state index contributed by atoms with van der Waals surface area (Å²) in [6.45, 7) is 3.39. The maximum Gasteiger partial charge on any atom is 0.412 e. The second kappa shape index (κ2) is 9.86. The predicted octanol–water partition coefficient (Wildman–Crippen LogP) is 7.60. The topological polar surface area (TPSA) is 68.3 Å². The summed E-state index contributed by atoms with van der Waals surface area (Å²) in [5.41, 5.74) is 2.67. The summed E-state index contributed by atoms with van der Waals surface area (Å²) in [7, 11) is 0. The third-order valence-corrected chi connectivity index (χ3v) is 7.68. The number of halogens is 2. The minimum absolute atomic E-state index is 0.167. The summed E-state index contributed by atoms with van der Waals surface area (Å²) in [6.07, 6.45) is 1.34. The first-order valence-corrected chi connectivity index (χ1v) is 12.6. The van der Waals surface area contributed by atoms with Gasteiger partial charge in [-0.05, 0) is 72.6 Å². The van der Waals surface area contributed by atoms with Crippen molar-refractivity contribution in [3.05, 3.63) is 95.2 Å². The summed E-state index contributed by atoms with van der Waals surface area (Å²) in [5.74, 6) is -1.55. The normalized spacial score (nSPS) is 14.6. The largest absolute Gasteiger partial charge is 0.441 e. The van der Waals surface area contributed by atoms with Gasteiger partial charge in [0.15, 0.2) is 0 Å². The number of rotatable bonds is 7. The lowest BCUT2D eigenvalue weighted by Gasteiger charge is -2.15. The van der Waals surface area contributed by atoms with Crippen LogP contribution in [0.25, 0.3) is 21.6 Å². The van der Waals surface area contributed by atoms with Gasteiger partial charge >= 0.3 is 6.09 Å². The molecule has 0 bridgehead atoms. The van der Waals surface area contributed by atoms with Crippen LogP contribution in [-0.4, -0.2) is 16.8 Å². The van der Waals surface area contributed by atoms with E-state index in [2.05, 4.69) is 9.69 Å². The SMILES string of the molecule is Cc1nsc(-c2c(F)cc(-c3ccc(C4(C=O)CC4)cc3)cc2F)c1NC(=O)O[C@H](C)c1ccccc1. The summed E-state index contributed by atoms with van der Waals surface area (Å²) in [5, 5.41) is 2.62. The van der Waals surface area contributed by atoms with Crippen LogP contribution >= 0.6 is 11.5 Å². The quantitative estimate of drug-likeness (QED) is 0.256. The molecule has 8 heteroatoms. The first-order chi connectivity index (χ1) is 17.8. The molecule has 1 amide bonds. The van der Waals surface area contributed by atoms with Crippen LogP contribution in [0.3, 0.4) is 0 Å². The lowest BCUT2D eigenvalue weighted by atomic mass is 9.94. The predicted molar refractivity (Wildman–Crippen MR) is 140 cm³/mol. The van der Waals surface area contributed by atoms with E-state index < -0.39 is 29.2 Å². The van der Waals surface area contributed by atoms with Gasteiger partial charge in [0.25, 0.3) is 0 Å².